The number of nitrogens with two attached hydrogens (primary N) is 1. The van der Waals surface area contributed by atoms with Gasteiger partial charge in [-0.3, -0.25) is 4.90 Å². The van der Waals surface area contributed by atoms with Gasteiger partial charge in [-0.2, -0.15) is 0 Å². The van der Waals surface area contributed by atoms with E-state index in [0.29, 0.717) is 0 Å². The Hall–Kier alpha value is -0.860. The molecule has 2 nitrogen and oxygen atoms in total. The molecule has 0 aromatic heterocycles. The molecule has 1 aromatic carbocycles. The Kier molecular flexibility index (Phi) is 4.13. The van der Waals surface area contributed by atoms with Gasteiger partial charge in [0.15, 0.2) is 0 Å². The molecule has 1 fully saturated rings. The first-order valence-corrected chi connectivity index (χ1v) is 8.29. The van der Waals surface area contributed by atoms with Crippen molar-refractivity contribution in [1.29, 1.82) is 0 Å². The van der Waals surface area contributed by atoms with Crippen LogP contribution in [0.5, 0.6) is 0 Å². The van der Waals surface area contributed by atoms with E-state index in [1.165, 1.54) is 50.6 Å². The lowest BCUT2D eigenvalue weighted by molar-refractivity contribution is 0.0880. The molecule has 2 aliphatic rings. The maximum absolute atomic E-state index is 6.25. The maximum atomic E-state index is 6.25. The highest BCUT2D eigenvalue weighted by molar-refractivity contribution is 5.28. The lowest BCUT2D eigenvalue weighted by atomic mass is 9.92. The molecule has 1 aromatic rings. The van der Waals surface area contributed by atoms with Crippen LogP contribution in [0.3, 0.4) is 0 Å². The van der Waals surface area contributed by atoms with Gasteiger partial charge in [0, 0.05) is 18.6 Å². The van der Waals surface area contributed by atoms with Crippen molar-refractivity contribution in [2.75, 3.05) is 13.1 Å². The van der Waals surface area contributed by atoms with Gasteiger partial charge in [-0.05, 0) is 55.7 Å². The van der Waals surface area contributed by atoms with Crippen molar-refractivity contribution in [3.05, 3.63) is 35.4 Å². The van der Waals surface area contributed by atoms with Crippen molar-refractivity contribution < 1.29 is 0 Å². The van der Waals surface area contributed by atoms with Gasteiger partial charge in [-0.15, -0.1) is 0 Å². The first kappa shape index (κ1) is 14.1. The first-order valence-electron chi connectivity index (χ1n) is 8.29. The molecule has 2 N–H and O–H groups in total. The molecule has 1 saturated carbocycles. The van der Waals surface area contributed by atoms with E-state index in [1.807, 2.05) is 0 Å². The minimum absolute atomic E-state index is 0.276. The summed E-state index contributed by atoms with van der Waals surface area (Å²) in [4.78, 5) is 2.72. The fourth-order valence-electron chi connectivity index (χ4n) is 4.27. The maximum Gasteiger partial charge on any atom is 0.0338 e. The molecule has 0 saturated heterocycles. The van der Waals surface area contributed by atoms with E-state index in [0.717, 1.165) is 19.0 Å². The third-order valence-electron chi connectivity index (χ3n) is 5.67. The van der Waals surface area contributed by atoms with Gasteiger partial charge in [-0.1, -0.05) is 37.6 Å². The normalized spacial score (nSPS) is 31.0. The van der Waals surface area contributed by atoms with Crippen LogP contribution in [0.1, 0.15) is 50.2 Å². The van der Waals surface area contributed by atoms with Crippen LogP contribution in [0, 0.1) is 5.92 Å². The topological polar surface area (TPSA) is 29.3 Å². The third-order valence-corrected chi connectivity index (χ3v) is 5.67. The van der Waals surface area contributed by atoms with Crippen molar-refractivity contribution in [2.24, 2.45) is 11.7 Å². The molecule has 0 amide bonds. The number of hydrogen-bond acceptors (Lipinski definition) is 2. The van der Waals surface area contributed by atoms with E-state index in [2.05, 4.69) is 36.1 Å². The van der Waals surface area contributed by atoms with Crippen molar-refractivity contribution >= 4 is 0 Å². The van der Waals surface area contributed by atoms with Crippen molar-refractivity contribution in [3.63, 3.8) is 0 Å². The van der Waals surface area contributed by atoms with Gasteiger partial charge in [0.05, 0.1) is 0 Å². The van der Waals surface area contributed by atoms with Gasteiger partial charge in [0.25, 0.3) is 0 Å². The van der Waals surface area contributed by atoms with Crippen molar-refractivity contribution in [1.82, 2.24) is 4.90 Å². The van der Waals surface area contributed by atoms with Gasteiger partial charge in [0.2, 0.25) is 0 Å². The quantitative estimate of drug-likeness (QED) is 0.914. The number of hydrogen-bond donors (Lipinski definition) is 1. The fraction of sp³-hybridized carbons (Fsp3) is 0.667. The average molecular weight is 272 g/mol. The molecule has 0 spiro atoms. The summed E-state index contributed by atoms with van der Waals surface area (Å²) in [5.41, 5.74) is 9.60. The predicted octanol–water partition coefficient (Wildman–Crippen LogP) is 3.34. The van der Waals surface area contributed by atoms with E-state index in [9.17, 15) is 0 Å². The smallest absolute Gasteiger partial charge is 0.0338 e. The predicted molar refractivity (Wildman–Crippen MR) is 84.6 cm³/mol. The molecular formula is C18H28N2. The monoisotopic (exact) mass is 272 g/mol. The van der Waals surface area contributed by atoms with Crippen LogP contribution in [0.25, 0.3) is 0 Å². The van der Waals surface area contributed by atoms with Gasteiger partial charge in [-0.25, -0.2) is 0 Å². The van der Waals surface area contributed by atoms with Crippen LogP contribution >= 0.6 is 0 Å². The molecule has 1 aliphatic heterocycles. The van der Waals surface area contributed by atoms with Crippen LogP contribution < -0.4 is 5.73 Å². The molecule has 0 bridgehead atoms. The Labute approximate surface area is 123 Å². The standard InChI is InChI=1S/C18H28N2/c1-2-15-9-10-18(12-15,14-19)20-11-5-8-16-6-3-4-7-17(16)13-20/h3-4,6-7,15H,2,5,8-14,19H2,1H3. The van der Waals surface area contributed by atoms with Crippen LogP contribution in [0.15, 0.2) is 24.3 Å². The molecule has 1 aliphatic carbocycles. The zero-order valence-electron chi connectivity index (χ0n) is 12.8. The van der Waals surface area contributed by atoms with E-state index >= 15 is 0 Å². The van der Waals surface area contributed by atoms with E-state index in [4.69, 9.17) is 5.73 Å². The van der Waals surface area contributed by atoms with Crippen LogP contribution in [0.4, 0.5) is 0 Å². The highest BCUT2D eigenvalue weighted by atomic mass is 15.2. The van der Waals surface area contributed by atoms with Gasteiger partial charge < -0.3 is 5.73 Å². The molecule has 3 rings (SSSR count). The first-order chi connectivity index (χ1) is 9.77. The summed E-state index contributed by atoms with van der Waals surface area (Å²) in [6, 6.07) is 8.97. The van der Waals surface area contributed by atoms with Gasteiger partial charge in [0.1, 0.15) is 0 Å². The minimum Gasteiger partial charge on any atom is -0.329 e. The van der Waals surface area contributed by atoms with E-state index < -0.39 is 0 Å². The second-order valence-corrected chi connectivity index (χ2v) is 6.74. The summed E-state index contributed by atoms with van der Waals surface area (Å²) in [5.74, 6) is 0.886. The van der Waals surface area contributed by atoms with Gasteiger partial charge >= 0.3 is 0 Å². The van der Waals surface area contributed by atoms with Crippen LogP contribution in [0.2, 0.25) is 0 Å². The number of rotatable bonds is 3. The Morgan fingerprint density at radius 1 is 1.30 bits per heavy atom. The number of fused-ring (bicyclic) bond motifs is 1. The highest BCUT2D eigenvalue weighted by Crippen LogP contribution is 2.41. The van der Waals surface area contributed by atoms with Crippen molar-refractivity contribution in [2.45, 2.75) is 57.5 Å². The summed E-state index contributed by atoms with van der Waals surface area (Å²) in [6.07, 6.45) is 7.78. The Morgan fingerprint density at radius 3 is 2.80 bits per heavy atom. The minimum atomic E-state index is 0.276. The summed E-state index contributed by atoms with van der Waals surface area (Å²) in [5, 5.41) is 0. The molecule has 20 heavy (non-hydrogen) atoms. The van der Waals surface area contributed by atoms with Crippen LogP contribution in [-0.2, 0) is 13.0 Å². The van der Waals surface area contributed by atoms with E-state index in [-0.39, 0.29) is 5.54 Å². The lowest BCUT2D eigenvalue weighted by Crippen LogP contribution is -2.52. The SMILES string of the molecule is CCC1CCC(CN)(N2CCCc3ccccc3C2)C1. The largest absolute Gasteiger partial charge is 0.329 e. The molecule has 2 unspecified atom stereocenters. The molecule has 2 heteroatoms. The zero-order chi connectivity index (χ0) is 14.0. The number of aryl methyl sites for hydroxylation is 1. The molecular weight excluding hydrogens is 244 g/mol. The Morgan fingerprint density at radius 2 is 2.10 bits per heavy atom. The number of benzene rings is 1. The molecule has 110 valence electrons. The highest BCUT2D eigenvalue weighted by Gasteiger charge is 2.42. The number of nitrogens with zero attached hydrogens (tertiary/aromatic N) is 1. The van der Waals surface area contributed by atoms with Crippen LogP contribution in [-0.4, -0.2) is 23.5 Å². The third kappa shape index (κ3) is 2.51. The average Bonchev–Trinajstić information content (AvgIpc) is 2.80. The van der Waals surface area contributed by atoms with E-state index in [1.54, 1.807) is 5.56 Å². The lowest BCUT2D eigenvalue weighted by Gasteiger charge is -2.40. The molecule has 2 atom stereocenters. The van der Waals surface area contributed by atoms with Crippen molar-refractivity contribution in [3.8, 4) is 0 Å². The zero-order valence-corrected chi connectivity index (χ0v) is 12.8. The summed E-state index contributed by atoms with van der Waals surface area (Å²) in [7, 11) is 0. The second-order valence-electron chi connectivity index (χ2n) is 6.74. The molecule has 1 heterocycles. The second kappa shape index (κ2) is 5.87. The Balaban J connectivity index is 1.83. The summed E-state index contributed by atoms with van der Waals surface area (Å²) >= 11 is 0. The fourth-order valence-corrected chi connectivity index (χ4v) is 4.27. The molecule has 0 radical (unpaired) electrons. The summed E-state index contributed by atoms with van der Waals surface area (Å²) in [6.45, 7) is 5.47. The summed E-state index contributed by atoms with van der Waals surface area (Å²) < 4.78 is 0. The Bertz CT molecular complexity index is 456.